The van der Waals surface area contributed by atoms with E-state index in [1.807, 2.05) is 19.9 Å². The van der Waals surface area contributed by atoms with Crippen molar-refractivity contribution < 1.29 is 8.91 Å². The molecule has 0 aliphatic carbocycles. The highest BCUT2D eigenvalue weighted by atomic mass is 19.1. The normalized spacial score (nSPS) is 11.4. The smallest absolute Gasteiger partial charge is 0.177 e. The third-order valence-electron chi connectivity index (χ3n) is 3.65. The molecule has 0 saturated carbocycles. The van der Waals surface area contributed by atoms with Crippen molar-refractivity contribution in [3.63, 3.8) is 0 Å². The predicted octanol–water partition coefficient (Wildman–Crippen LogP) is 3.42. The highest BCUT2D eigenvalue weighted by Crippen LogP contribution is 2.13. The van der Waals surface area contributed by atoms with Crippen LogP contribution < -0.4 is 5.32 Å². The van der Waals surface area contributed by atoms with Gasteiger partial charge < -0.3 is 9.84 Å². The average Bonchev–Trinajstić information content (AvgIpc) is 3.13. The van der Waals surface area contributed by atoms with Crippen LogP contribution in [0.2, 0.25) is 0 Å². The molecule has 3 rings (SSSR count). The molecule has 2 N–H and O–H groups in total. The first-order chi connectivity index (χ1) is 12.5. The molecule has 7 heteroatoms. The molecular weight excluding hydrogens is 333 g/mol. The molecule has 26 heavy (non-hydrogen) atoms. The van der Waals surface area contributed by atoms with E-state index < -0.39 is 0 Å². The van der Waals surface area contributed by atoms with Crippen molar-refractivity contribution in [3.8, 4) is 0 Å². The van der Waals surface area contributed by atoms with E-state index in [0.29, 0.717) is 22.8 Å². The van der Waals surface area contributed by atoms with Gasteiger partial charge in [-0.25, -0.2) is 14.4 Å². The summed E-state index contributed by atoms with van der Waals surface area (Å²) in [6.07, 6.45) is 3.00. The maximum atomic E-state index is 13.8. The molecular formula is C19H18FN5O. The first kappa shape index (κ1) is 17.5. The summed E-state index contributed by atoms with van der Waals surface area (Å²) in [5, 5.41) is 15.3. The molecule has 0 atom stereocenters. The standard InChI is InChI=1S/C19H18FN5O/c1-12-9-13(2)24-19(23-12)16(21)10-18(17-7-8-26-25-17)22-11-14-5-3-4-6-15(14)20/h3-10,21-22H,11H2,1-2H3/b18-10-,21-16?. The first-order valence-corrected chi connectivity index (χ1v) is 8.04. The Morgan fingerprint density at radius 2 is 1.92 bits per heavy atom. The topological polar surface area (TPSA) is 87.7 Å². The highest BCUT2D eigenvalue weighted by Gasteiger charge is 2.11. The summed E-state index contributed by atoms with van der Waals surface area (Å²) in [6, 6.07) is 10.0. The summed E-state index contributed by atoms with van der Waals surface area (Å²) in [6.45, 7) is 3.95. The van der Waals surface area contributed by atoms with E-state index in [-0.39, 0.29) is 18.1 Å². The number of halogens is 1. The monoisotopic (exact) mass is 351 g/mol. The molecule has 0 radical (unpaired) electrons. The number of hydrogen-bond donors (Lipinski definition) is 2. The number of aromatic nitrogens is 3. The molecule has 2 aromatic heterocycles. The fourth-order valence-electron chi connectivity index (χ4n) is 2.45. The summed E-state index contributed by atoms with van der Waals surface area (Å²) in [5.74, 6) is 0.0170. The van der Waals surface area contributed by atoms with Crippen molar-refractivity contribution in [2.24, 2.45) is 0 Å². The van der Waals surface area contributed by atoms with Crippen molar-refractivity contribution in [1.29, 1.82) is 5.41 Å². The molecule has 0 amide bonds. The van der Waals surface area contributed by atoms with Crippen LogP contribution in [-0.2, 0) is 6.54 Å². The summed E-state index contributed by atoms with van der Waals surface area (Å²) < 4.78 is 18.7. The third-order valence-corrected chi connectivity index (χ3v) is 3.65. The Bertz CT molecular complexity index is 930. The van der Waals surface area contributed by atoms with Crippen LogP contribution in [0.1, 0.15) is 28.5 Å². The van der Waals surface area contributed by atoms with Gasteiger partial charge in [0.05, 0.1) is 5.70 Å². The van der Waals surface area contributed by atoms with Crippen LogP contribution in [0, 0.1) is 25.1 Å². The van der Waals surface area contributed by atoms with Gasteiger partial charge in [0.1, 0.15) is 23.5 Å². The Morgan fingerprint density at radius 1 is 1.19 bits per heavy atom. The predicted molar refractivity (Wildman–Crippen MR) is 96.1 cm³/mol. The molecule has 0 spiro atoms. The van der Waals surface area contributed by atoms with Crippen molar-refractivity contribution in [2.45, 2.75) is 20.4 Å². The Morgan fingerprint density at radius 3 is 2.58 bits per heavy atom. The fourth-order valence-corrected chi connectivity index (χ4v) is 2.45. The fraction of sp³-hybridized carbons (Fsp3) is 0.158. The van der Waals surface area contributed by atoms with Gasteiger partial charge >= 0.3 is 0 Å². The van der Waals surface area contributed by atoms with Crippen molar-refractivity contribution in [2.75, 3.05) is 0 Å². The van der Waals surface area contributed by atoms with E-state index in [1.54, 1.807) is 30.3 Å². The lowest BCUT2D eigenvalue weighted by molar-refractivity contribution is 0.417. The van der Waals surface area contributed by atoms with Crippen molar-refractivity contribution in [3.05, 3.63) is 83.0 Å². The second-order valence-corrected chi connectivity index (χ2v) is 5.78. The Balaban J connectivity index is 1.87. The van der Waals surface area contributed by atoms with Gasteiger partial charge in [0.15, 0.2) is 5.82 Å². The highest BCUT2D eigenvalue weighted by molar-refractivity contribution is 6.07. The number of nitrogens with zero attached hydrogens (tertiary/aromatic N) is 3. The first-order valence-electron chi connectivity index (χ1n) is 8.04. The second kappa shape index (κ2) is 7.69. The molecule has 2 heterocycles. The van der Waals surface area contributed by atoms with Gasteiger partial charge in [-0.15, -0.1) is 0 Å². The largest absolute Gasteiger partial charge is 0.379 e. The zero-order valence-electron chi connectivity index (χ0n) is 14.5. The van der Waals surface area contributed by atoms with Gasteiger partial charge in [-0.3, -0.25) is 5.41 Å². The quantitative estimate of drug-likeness (QED) is 0.665. The molecule has 3 aromatic rings. The Hall–Kier alpha value is -3.35. The Kier molecular flexibility index (Phi) is 5.17. The van der Waals surface area contributed by atoms with E-state index in [9.17, 15) is 4.39 Å². The zero-order chi connectivity index (χ0) is 18.5. The van der Waals surface area contributed by atoms with Crippen LogP contribution >= 0.6 is 0 Å². The van der Waals surface area contributed by atoms with E-state index in [2.05, 4.69) is 20.4 Å². The summed E-state index contributed by atoms with van der Waals surface area (Å²) in [4.78, 5) is 8.58. The SMILES string of the molecule is Cc1cc(C)nc(C(=N)/C=C(\NCc2ccccc2F)c2ccon2)n1. The van der Waals surface area contributed by atoms with Crippen LogP contribution in [0.4, 0.5) is 4.39 Å². The molecule has 0 aliphatic rings. The van der Waals surface area contributed by atoms with Crippen LogP contribution in [0.15, 0.2) is 53.3 Å². The minimum absolute atomic E-state index is 0.121. The van der Waals surface area contributed by atoms with Crippen LogP contribution in [-0.4, -0.2) is 20.8 Å². The molecule has 6 nitrogen and oxygen atoms in total. The third kappa shape index (κ3) is 4.18. The number of benzene rings is 1. The number of rotatable bonds is 6. The van der Waals surface area contributed by atoms with Gasteiger partial charge in [0.25, 0.3) is 0 Å². The minimum Gasteiger partial charge on any atom is -0.379 e. The van der Waals surface area contributed by atoms with Crippen LogP contribution in [0.25, 0.3) is 5.70 Å². The maximum absolute atomic E-state index is 13.8. The second-order valence-electron chi connectivity index (χ2n) is 5.78. The van der Waals surface area contributed by atoms with Crippen LogP contribution in [0.5, 0.6) is 0 Å². The molecule has 0 unspecified atom stereocenters. The Labute approximate surface area is 150 Å². The van der Waals surface area contributed by atoms with Crippen LogP contribution in [0.3, 0.4) is 0 Å². The van der Waals surface area contributed by atoms with E-state index in [1.165, 1.54) is 12.3 Å². The van der Waals surface area contributed by atoms with E-state index >= 15 is 0 Å². The molecule has 0 saturated heterocycles. The van der Waals surface area contributed by atoms with Gasteiger partial charge in [-0.2, -0.15) is 0 Å². The average molecular weight is 351 g/mol. The molecule has 0 bridgehead atoms. The lowest BCUT2D eigenvalue weighted by Gasteiger charge is -2.10. The zero-order valence-corrected chi connectivity index (χ0v) is 14.5. The van der Waals surface area contributed by atoms with Gasteiger partial charge in [-0.1, -0.05) is 23.4 Å². The van der Waals surface area contributed by atoms with Gasteiger partial charge in [0, 0.05) is 29.6 Å². The maximum Gasteiger partial charge on any atom is 0.177 e. The lowest BCUT2D eigenvalue weighted by atomic mass is 10.2. The summed E-state index contributed by atoms with van der Waals surface area (Å²) in [5.41, 5.74) is 3.23. The van der Waals surface area contributed by atoms with Crippen molar-refractivity contribution >= 4 is 11.4 Å². The van der Waals surface area contributed by atoms with Gasteiger partial charge in [0.2, 0.25) is 0 Å². The van der Waals surface area contributed by atoms with E-state index in [4.69, 9.17) is 9.93 Å². The molecule has 132 valence electrons. The summed E-state index contributed by atoms with van der Waals surface area (Å²) >= 11 is 0. The number of nitrogens with one attached hydrogen (secondary N) is 2. The molecule has 0 fully saturated rings. The van der Waals surface area contributed by atoms with E-state index in [0.717, 1.165) is 11.4 Å². The lowest BCUT2D eigenvalue weighted by Crippen LogP contribution is -2.15. The summed E-state index contributed by atoms with van der Waals surface area (Å²) in [7, 11) is 0. The molecule has 0 aliphatic heterocycles. The number of allylic oxidation sites excluding steroid dienone is 1. The van der Waals surface area contributed by atoms with Crippen molar-refractivity contribution in [1.82, 2.24) is 20.4 Å². The number of aryl methyl sites for hydroxylation is 2. The number of hydrogen-bond acceptors (Lipinski definition) is 6. The minimum atomic E-state index is -0.299. The molecule has 1 aromatic carbocycles. The van der Waals surface area contributed by atoms with Gasteiger partial charge in [-0.05, 0) is 32.1 Å².